The summed E-state index contributed by atoms with van der Waals surface area (Å²) in [4.78, 5) is 16.0. The van der Waals surface area contributed by atoms with E-state index in [0.717, 1.165) is 65.2 Å². The van der Waals surface area contributed by atoms with Gasteiger partial charge in [-0.05, 0) is 48.6 Å². The zero-order valence-corrected chi connectivity index (χ0v) is 18.6. The van der Waals surface area contributed by atoms with E-state index >= 15 is 0 Å². The van der Waals surface area contributed by atoms with Crippen molar-refractivity contribution in [3.63, 3.8) is 0 Å². The number of hydrogen-bond donors (Lipinski definition) is 2. The standard InChI is InChI=1S/C26H28FN5O/c27-19-10-12-22-21(17-19)20(26(29-22)18-7-3-1-4-8-18)11-13-25(33)28-15-14-24-31-30-23-9-5-2-6-16-32(23)24/h1,3-4,7-8,10,12,17,29H,2,5-6,9,11,13-16H2,(H,28,33). The van der Waals surface area contributed by atoms with E-state index in [1.54, 1.807) is 12.1 Å². The Balaban J connectivity index is 1.25. The molecule has 2 aromatic carbocycles. The van der Waals surface area contributed by atoms with Crippen LogP contribution in [0.3, 0.4) is 0 Å². The first-order chi connectivity index (χ1) is 16.2. The lowest BCUT2D eigenvalue weighted by atomic mass is 10.0. The van der Waals surface area contributed by atoms with Crippen molar-refractivity contribution in [3.8, 4) is 11.3 Å². The van der Waals surface area contributed by atoms with Gasteiger partial charge in [0.1, 0.15) is 17.5 Å². The van der Waals surface area contributed by atoms with E-state index in [1.165, 1.54) is 12.5 Å². The van der Waals surface area contributed by atoms with Crippen LogP contribution in [0, 0.1) is 5.82 Å². The Hall–Kier alpha value is -3.48. The molecule has 0 saturated carbocycles. The van der Waals surface area contributed by atoms with Crippen LogP contribution in [-0.2, 0) is 30.6 Å². The van der Waals surface area contributed by atoms with Crippen LogP contribution in [-0.4, -0.2) is 32.2 Å². The smallest absolute Gasteiger partial charge is 0.220 e. The summed E-state index contributed by atoms with van der Waals surface area (Å²) in [5.74, 6) is 1.72. The number of rotatable bonds is 7. The number of aryl methyl sites for hydroxylation is 2. The van der Waals surface area contributed by atoms with E-state index in [-0.39, 0.29) is 11.7 Å². The zero-order chi connectivity index (χ0) is 22.6. The Kier molecular flexibility index (Phi) is 6.19. The van der Waals surface area contributed by atoms with E-state index in [1.807, 2.05) is 30.3 Å². The molecular weight excluding hydrogens is 417 g/mol. The molecule has 1 aliphatic heterocycles. The lowest BCUT2D eigenvalue weighted by molar-refractivity contribution is -0.121. The molecule has 1 aliphatic rings. The molecule has 0 spiro atoms. The van der Waals surface area contributed by atoms with Crippen LogP contribution in [0.25, 0.3) is 22.2 Å². The highest BCUT2D eigenvalue weighted by molar-refractivity contribution is 5.91. The van der Waals surface area contributed by atoms with Gasteiger partial charge in [0.15, 0.2) is 0 Å². The van der Waals surface area contributed by atoms with Crippen LogP contribution in [0.15, 0.2) is 48.5 Å². The van der Waals surface area contributed by atoms with E-state index in [2.05, 4.69) is 25.1 Å². The molecule has 0 unspecified atom stereocenters. The number of benzene rings is 2. The number of aromatic amines is 1. The van der Waals surface area contributed by atoms with E-state index in [0.29, 0.717) is 25.8 Å². The number of fused-ring (bicyclic) bond motifs is 2. The second-order valence-electron chi connectivity index (χ2n) is 8.63. The number of hydrogen-bond acceptors (Lipinski definition) is 3. The van der Waals surface area contributed by atoms with Crippen molar-refractivity contribution in [2.75, 3.05) is 6.54 Å². The Morgan fingerprint density at radius 2 is 1.94 bits per heavy atom. The summed E-state index contributed by atoms with van der Waals surface area (Å²) < 4.78 is 16.2. The number of carbonyl (C=O) groups excluding carboxylic acids is 1. The topological polar surface area (TPSA) is 75.6 Å². The molecule has 2 N–H and O–H groups in total. The maximum absolute atomic E-state index is 14.0. The van der Waals surface area contributed by atoms with Crippen LogP contribution in [0.1, 0.15) is 42.9 Å². The van der Waals surface area contributed by atoms with Crippen LogP contribution in [0.5, 0.6) is 0 Å². The molecule has 5 rings (SSSR count). The third-order valence-corrected chi connectivity index (χ3v) is 6.39. The lowest BCUT2D eigenvalue weighted by Crippen LogP contribution is -2.26. The van der Waals surface area contributed by atoms with Crippen molar-refractivity contribution in [2.24, 2.45) is 0 Å². The summed E-state index contributed by atoms with van der Waals surface area (Å²) in [6.45, 7) is 1.50. The van der Waals surface area contributed by atoms with Crippen LogP contribution in [0.4, 0.5) is 4.39 Å². The largest absolute Gasteiger partial charge is 0.356 e. The van der Waals surface area contributed by atoms with Crippen molar-refractivity contribution in [1.29, 1.82) is 0 Å². The van der Waals surface area contributed by atoms with E-state index < -0.39 is 0 Å². The summed E-state index contributed by atoms with van der Waals surface area (Å²) in [5, 5.41) is 12.5. The summed E-state index contributed by atoms with van der Waals surface area (Å²) in [6, 6.07) is 14.7. The molecule has 170 valence electrons. The molecule has 4 aromatic rings. The molecular formula is C26H28FN5O. The first kappa shape index (κ1) is 21.4. The van der Waals surface area contributed by atoms with Crippen molar-refractivity contribution < 1.29 is 9.18 Å². The summed E-state index contributed by atoms with van der Waals surface area (Å²) in [5.41, 5.74) is 3.80. The predicted octanol–water partition coefficient (Wildman–Crippen LogP) is 4.58. The average Bonchev–Trinajstić information content (AvgIpc) is 3.29. The average molecular weight is 446 g/mol. The first-order valence-electron chi connectivity index (χ1n) is 11.7. The van der Waals surface area contributed by atoms with Crippen molar-refractivity contribution in [2.45, 2.75) is 51.5 Å². The summed E-state index contributed by atoms with van der Waals surface area (Å²) in [6.07, 6.45) is 6.06. The number of amides is 1. The maximum Gasteiger partial charge on any atom is 0.220 e. The summed E-state index contributed by atoms with van der Waals surface area (Å²) >= 11 is 0. The molecule has 6 nitrogen and oxygen atoms in total. The quantitative estimate of drug-likeness (QED) is 0.437. The van der Waals surface area contributed by atoms with Crippen LogP contribution < -0.4 is 5.32 Å². The number of nitrogens with zero attached hydrogens (tertiary/aromatic N) is 3. The molecule has 0 radical (unpaired) electrons. The zero-order valence-electron chi connectivity index (χ0n) is 18.6. The third-order valence-electron chi connectivity index (χ3n) is 6.39. The van der Waals surface area contributed by atoms with Crippen molar-refractivity contribution >= 4 is 16.8 Å². The summed E-state index contributed by atoms with van der Waals surface area (Å²) in [7, 11) is 0. The number of carbonyl (C=O) groups is 1. The molecule has 33 heavy (non-hydrogen) atoms. The predicted molar refractivity (Wildman–Crippen MR) is 126 cm³/mol. The Bertz CT molecular complexity index is 1260. The normalized spacial score (nSPS) is 13.6. The van der Waals surface area contributed by atoms with Gasteiger partial charge in [0.05, 0.1) is 0 Å². The molecule has 0 atom stereocenters. The van der Waals surface area contributed by atoms with Gasteiger partial charge in [0, 0.05) is 48.9 Å². The van der Waals surface area contributed by atoms with Gasteiger partial charge in [0.2, 0.25) is 5.91 Å². The fourth-order valence-corrected chi connectivity index (χ4v) is 4.70. The SMILES string of the molecule is O=C(CCc1c(-c2ccccc2)[nH]c2ccc(F)cc12)NCCc1nnc2n1CCCCC2. The Morgan fingerprint density at radius 3 is 2.82 bits per heavy atom. The third kappa shape index (κ3) is 4.67. The highest BCUT2D eigenvalue weighted by Gasteiger charge is 2.17. The number of aromatic nitrogens is 4. The molecule has 3 heterocycles. The minimum atomic E-state index is -0.278. The fourth-order valence-electron chi connectivity index (χ4n) is 4.70. The first-order valence-corrected chi connectivity index (χ1v) is 11.7. The number of H-pyrrole nitrogens is 1. The minimum Gasteiger partial charge on any atom is -0.356 e. The molecule has 0 bridgehead atoms. The highest BCUT2D eigenvalue weighted by Crippen LogP contribution is 2.31. The van der Waals surface area contributed by atoms with Gasteiger partial charge in [-0.1, -0.05) is 36.8 Å². The van der Waals surface area contributed by atoms with Gasteiger partial charge in [-0.2, -0.15) is 0 Å². The van der Waals surface area contributed by atoms with E-state index in [4.69, 9.17) is 0 Å². The van der Waals surface area contributed by atoms with Gasteiger partial charge in [-0.3, -0.25) is 4.79 Å². The van der Waals surface area contributed by atoms with Crippen molar-refractivity contribution in [1.82, 2.24) is 25.1 Å². The van der Waals surface area contributed by atoms with Crippen LogP contribution >= 0.6 is 0 Å². The number of nitrogens with one attached hydrogen (secondary N) is 2. The highest BCUT2D eigenvalue weighted by atomic mass is 19.1. The maximum atomic E-state index is 14.0. The van der Waals surface area contributed by atoms with Gasteiger partial charge in [-0.15, -0.1) is 10.2 Å². The van der Waals surface area contributed by atoms with Crippen molar-refractivity contribution in [3.05, 3.63) is 71.6 Å². The molecule has 0 saturated heterocycles. The molecule has 7 heteroatoms. The van der Waals surface area contributed by atoms with Crippen LogP contribution in [0.2, 0.25) is 0 Å². The Morgan fingerprint density at radius 1 is 1.06 bits per heavy atom. The Labute approximate surface area is 192 Å². The van der Waals surface area contributed by atoms with Gasteiger partial charge >= 0.3 is 0 Å². The lowest BCUT2D eigenvalue weighted by Gasteiger charge is -2.09. The van der Waals surface area contributed by atoms with Gasteiger partial charge in [0.25, 0.3) is 0 Å². The fraction of sp³-hybridized carbons (Fsp3) is 0.346. The minimum absolute atomic E-state index is 0.0182. The van der Waals surface area contributed by atoms with Gasteiger partial charge in [-0.25, -0.2) is 4.39 Å². The molecule has 1 amide bonds. The monoisotopic (exact) mass is 445 g/mol. The number of halogens is 1. The molecule has 0 aliphatic carbocycles. The second-order valence-corrected chi connectivity index (χ2v) is 8.63. The van der Waals surface area contributed by atoms with E-state index in [9.17, 15) is 9.18 Å². The van der Waals surface area contributed by atoms with Gasteiger partial charge < -0.3 is 14.9 Å². The molecule has 2 aromatic heterocycles. The molecule has 0 fully saturated rings. The second kappa shape index (κ2) is 9.57.